The smallest absolute Gasteiger partial charge is 0.0888 e. The number of pyridine rings is 1. The fraction of sp³-hybridized carbons (Fsp3) is 0.667. The van der Waals surface area contributed by atoms with Gasteiger partial charge in [0.15, 0.2) is 0 Å². The molecule has 0 amide bonds. The zero-order valence-electron chi connectivity index (χ0n) is 11.4. The molecule has 0 spiro atoms. The Morgan fingerprint density at radius 3 is 2.89 bits per heavy atom. The van der Waals surface area contributed by atoms with Crippen LogP contribution in [0.2, 0.25) is 0 Å². The number of hydrogen-bond donors (Lipinski definition) is 0. The van der Waals surface area contributed by atoms with E-state index in [1.807, 2.05) is 6.20 Å². The Kier molecular flexibility index (Phi) is 5.14. The highest BCUT2D eigenvalue weighted by Gasteiger charge is 2.16. The van der Waals surface area contributed by atoms with Crippen LogP contribution >= 0.6 is 0 Å². The number of nitrogens with zero attached hydrogens (tertiary/aromatic N) is 1. The van der Waals surface area contributed by atoms with Gasteiger partial charge in [-0.1, -0.05) is 13.8 Å². The Hall–Kier alpha value is -0.930. The maximum absolute atomic E-state index is 5.64. The van der Waals surface area contributed by atoms with Gasteiger partial charge in [0.25, 0.3) is 0 Å². The quantitative estimate of drug-likeness (QED) is 0.803. The zero-order chi connectivity index (χ0) is 12.8. The van der Waals surface area contributed by atoms with Crippen molar-refractivity contribution in [3.8, 4) is 0 Å². The van der Waals surface area contributed by atoms with Gasteiger partial charge in [0.1, 0.15) is 0 Å². The molecule has 2 heterocycles. The highest BCUT2D eigenvalue weighted by molar-refractivity contribution is 5.20. The average molecular weight is 249 g/mol. The molecule has 100 valence electrons. The van der Waals surface area contributed by atoms with Crippen LogP contribution in [0.5, 0.6) is 0 Å². The molecule has 0 aromatic carbocycles. The molecule has 2 rings (SSSR count). The normalized spacial score (nSPS) is 17.3. The molecule has 0 unspecified atom stereocenters. The zero-order valence-corrected chi connectivity index (χ0v) is 11.4. The summed E-state index contributed by atoms with van der Waals surface area (Å²) < 4.78 is 11.0. The summed E-state index contributed by atoms with van der Waals surface area (Å²) in [6.45, 7) is 7.49. The summed E-state index contributed by atoms with van der Waals surface area (Å²) in [5.41, 5.74) is 2.43. The van der Waals surface area contributed by atoms with E-state index in [0.29, 0.717) is 18.4 Å². The standard InChI is InChI=1S/C15H23NO2/c1-12(2)10-18-11-15-9-14(3-6-16-15)13-4-7-17-8-5-13/h3,6,9,12-13H,4-5,7-8,10-11H2,1-2H3. The Balaban J connectivity index is 1.91. The molecule has 0 bridgehead atoms. The van der Waals surface area contributed by atoms with E-state index in [1.54, 1.807) is 0 Å². The molecule has 0 atom stereocenters. The van der Waals surface area contributed by atoms with E-state index in [2.05, 4.69) is 31.0 Å². The summed E-state index contributed by atoms with van der Waals surface area (Å²) in [5.74, 6) is 1.20. The van der Waals surface area contributed by atoms with Crippen molar-refractivity contribution in [2.75, 3.05) is 19.8 Å². The molecular formula is C15H23NO2. The lowest BCUT2D eigenvalue weighted by Crippen LogP contribution is -2.14. The molecule has 3 heteroatoms. The maximum Gasteiger partial charge on any atom is 0.0888 e. The van der Waals surface area contributed by atoms with Crippen molar-refractivity contribution in [3.63, 3.8) is 0 Å². The van der Waals surface area contributed by atoms with E-state index in [-0.39, 0.29) is 0 Å². The molecule has 1 aliphatic rings. The molecule has 1 aliphatic heterocycles. The van der Waals surface area contributed by atoms with Gasteiger partial charge in [0, 0.05) is 26.0 Å². The summed E-state index contributed by atoms with van der Waals surface area (Å²) in [4.78, 5) is 4.37. The van der Waals surface area contributed by atoms with Crippen molar-refractivity contribution in [3.05, 3.63) is 29.6 Å². The van der Waals surface area contributed by atoms with Crippen LogP contribution in [0, 0.1) is 5.92 Å². The molecule has 1 fully saturated rings. The predicted octanol–water partition coefficient (Wildman–Crippen LogP) is 3.15. The molecule has 1 saturated heterocycles. The summed E-state index contributed by atoms with van der Waals surface area (Å²) in [7, 11) is 0. The molecule has 0 aliphatic carbocycles. The highest BCUT2D eigenvalue weighted by atomic mass is 16.5. The van der Waals surface area contributed by atoms with Gasteiger partial charge in [-0.15, -0.1) is 0 Å². The first-order chi connectivity index (χ1) is 8.75. The van der Waals surface area contributed by atoms with Crippen molar-refractivity contribution < 1.29 is 9.47 Å². The summed E-state index contributed by atoms with van der Waals surface area (Å²) in [6, 6.07) is 4.32. The van der Waals surface area contributed by atoms with Crippen molar-refractivity contribution in [2.24, 2.45) is 5.92 Å². The third-order valence-corrected chi connectivity index (χ3v) is 3.23. The largest absolute Gasteiger partial charge is 0.381 e. The van der Waals surface area contributed by atoms with Crippen molar-refractivity contribution in [1.29, 1.82) is 0 Å². The minimum absolute atomic E-state index is 0.573. The lowest BCUT2D eigenvalue weighted by molar-refractivity contribution is 0.0848. The SMILES string of the molecule is CC(C)COCc1cc(C2CCOCC2)ccn1. The van der Waals surface area contributed by atoms with E-state index in [1.165, 1.54) is 5.56 Å². The number of rotatable bonds is 5. The fourth-order valence-electron chi connectivity index (χ4n) is 2.26. The summed E-state index contributed by atoms with van der Waals surface area (Å²) >= 11 is 0. The van der Waals surface area contributed by atoms with Gasteiger partial charge < -0.3 is 9.47 Å². The predicted molar refractivity (Wildman–Crippen MR) is 71.5 cm³/mol. The molecule has 3 nitrogen and oxygen atoms in total. The van der Waals surface area contributed by atoms with Crippen LogP contribution in [0.25, 0.3) is 0 Å². The minimum atomic E-state index is 0.573. The topological polar surface area (TPSA) is 31.4 Å². The van der Waals surface area contributed by atoms with E-state index >= 15 is 0 Å². The Morgan fingerprint density at radius 2 is 2.17 bits per heavy atom. The van der Waals surface area contributed by atoms with Crippen LogP contribution < -0.4 is 0 Å². The summed E-state index contributed by atoms with van der Waals surface area (Å²) in [6.07, 6.45) is 4.14. The number of ether oxygens (including phenoxy) is 2. The fourth-order valence-corrected chi connectivity index (χ4v) is 2.26. The maximum atomic E-state index is 5.64. The lowest BCUT2D eigenvalue weighted by Gasteiger charge is -2.22. The van der Waals surface area contributed by atoms with Crippen LogP contribution in [0.15, 0.2) is 18.3 Å². The second-order valence-electron chi connectivity index (χ2n) is 5.38. The lowest BCUT2D eigenvalue weighted by atomic mass is 9.92. The van der Waals surface area contributed by atoms with Crippen LogP contribution in [0.4, 0.5) is 0 Å². The molecule has 0 radical (unpaired) electrons. The Morgan fingerprint density at radius 1 is 1.39 bits per heavy atom. The third kappa shape index (κ3) is 4.07. The van der Waals surface area contributed by atoms with Crippen LogP contribution in [0.3, 0.4) is 0 Å². The van der Waals surface area contributed by atoms with Crippen LogP contribution in [-0.2, 0) is 16.1 Å². The van der Waals surface area contributed by atoms with Gasteiger partial charge in [0.2, 0.25) is 0 Å². The molecular weight excluding hydrogens is 226 g/mol. The molecule has 0 N–H and O–H groups in total. The first-order valence-electron chi connectivity index (χ1n) is 6.86. The average Bonchev–Trinajstić information content (AvgIpc) is 2.40. The van der Waals surface area contributed by atoms with Crippen molar-refractivity contribution >= 4 is 0 Å². The van der Waals surface area contributed by atoms with Crippen LogP contribution in [-0.4, -0.2) is 24.8 Å². The van der Waals surface area contributed by atoms with Crippen LogP contribution in [0.1, 0.15) is 43.9 Å². The van der Waals surface area contributed by atoms with Crippen molar-refractivity contribution in [2.45, 2.75) is 39.2 Å². The van der Waals surface area contributed by atoms with E-state index < -0.39 is 0 Å². The van der Waals surface area contributed by atoms with Gasteiger partial charge in [-0.25, -0.2) is 0 Å². The van der Waals surface area contributed by atoms with Gasteiger partial charge in [-0.05, 0) is 42.4 Å². The molecule has 1 aromatic rings. The first-order valence-corrected chi connectivity index (χ1v) is 6.86. The number of hydrogen-bond acceptors (Lipinski definition) is 3. The first kappa shape index (κ1) is 13.5. The molecule has 1 aromatic heterocycles. The monoisotopic (exact) mass is 249 g/mol. The molecule has 18 heavy (non-hydrogen) atoms. The van der Waals surface area contributed by atoms with E-state index in [9.17, 15) is 0 Å². The third-order valence-electron chi connectivity index (χ3n) is 3.23. The number of aromatic nitrogens is 1. The Labute approximate surface area is 110 Å². The summed E-state index contributed by atoms with van der Waals surface area (Å²) in [5, 5.41) is 0. The highest BCUT2D eigenvalue weighted by Crippen LogP contribution is 2.26. The second kappa shape index (κ2) is 6.86. The molecule has 0 saturated carbocycles. The van der Waals surface area contributed by atoms with E-state index in [4.69, 9.17) is 9.47 Å². The van der Waals surface area contributed by atoms with Gasteiger partial charge in [-0.2, -0.15) is 0 Å². The van der Waals surface area contributed by atoms with E-state index in [0.717, 1.165) is 38.4 Å². The van der Waals surface area contributed by atoms with Gasteiger partial charge in [0.05, 0.1) is 12.3 Å². The minimum Gasteiger partial charge on any atom is -0.381 e. The van der Waals surface area contributed by atoms with Gasteiger partial charge in [-0.3, -0.25) is 4.98 Å². The van der Waals surface area contributed by atoms with Crippen molar-refractivity contribution in [1.82, 2.24) is 4.98 Å². The van der Waals surface area contributed by atoms with Gasteiger partial charge >= 0.3 is 0 Å². The second-order valence-corrected chi connectivity index (χ2v) is 5.38. The Bertz CT molecular complexity index is 359.